The van der Waals surface area contributed by atoms with Gasteiger partial charge < -0.3 is 16.4 Å². The van der Waals surface area contributed by atoms with Crippen molar-refractivity contribution in [3.05, 3.63) is 82.9 Å². The van der Waals surface area contributed by atoms with E-state index in [1.807, 2.05) is 37.3 Å². The fraction of sp³-hybridized carbons (Fsp3) is 0.286. The molecule has 33 heavy (non-hydrogen) atoms. The van der Waals surface area contributed by atoms with Crippen molar-refractivity contribution in [1.82, 2.24) is 5.32 Å². The van der Waals surface area contributed by atoms with Gasteiger partial charge in [0.2, 0.25) is 5.91 Å². The molecule has 0 spiro atoms. The predicted octanol–water partition coefficient (Wildman–Crippen LogP) is 5.79. The molecule has 3 aromatic rings. The third kappa shape index (κ3) is 6.94. The van der Waals surface area contributed by atoms with Gasteiger partial charge in [-0.3, -0.25) is 9.59 Å². The number of hydrogen-bond acceptors (Lipinski definition) is 3. The van der Waals surface area contributed by atoms with Crippen LogP contribution in [0.4, 0.5) is 11.4 Å². The van der Waals surface area contributed by atoms with Crippen LogP contribution in [0.5, 0.6) is 0 Å². The van der Waals surface area contributed by atoms with Crippen LogP contribution in [0.3, 0.4) is 0 Å². The standard InChI is InChI=1S/C28H33N3O2/c1-19-15-20(2)17-23(16-19)24-13-12-22(18-21(24)3)28(33)30-14-8-4-5-11-27(32)31-26-10-7-6-9-25(26)29/h6-7,9-10,12-13,15-18H,4-5,8,11,14,29H2,1-3H3,(H,30,33)(H,31,32). The molecule has 0 aliphatic heterocycles. The number of aryl methyl sites for hydroxylation is 3. The summed E-state index contributed by atoms with van der Waals surface area (Å²) in [4.78, 5) is 24.6. The van der Waals surface area contributed by atoms with E-state index in [1.54, 1.807) is 12.1 Å². The van der Waals surface area contributed by atoms with Crippen molar-refractivity contribution in [2.45, 2.75) is 46.5 Å². The first-order chi connectivity index (χ1) is 15.8. The maximum absolute atomic E-state index is 12.5. The molecule has 0 fully saturated rings. The second kappa shape index (κ2) is 11.3. The molecule has 0 saturated carbocycles. The highest BCUT2D eigenvalue weighted by Gasteiger charge is 2.10. The van der Waals surface area contributed by atoms with E-state index in [9.17, 15) is 9.59 Å². The van der Waals surface area contributed by atoms with Crippen LogP contribution >= 0.6 is 0 Å². The zero-order chi connectivity index (χ0) is 23.8. The average Bonchev–Trinajstić information content (AvgIpc) is 2.76. The summed E-state index contributed by atoms with van der Waals surface area (Å²) in [5, 5.41) is 5.82. The summed E-state index contributed by atoms with van der Waals surface area (Å²) in [7, 11) is 0. The summed E-state index contributed by atoms with van der Waals surface area (Å²) in [6.07, 6.45) is 2.88. The van der Waals surface area contributed by atoms with E-state index in [0.29, 0.717) is 29.9 Å². The Balaban J connectivity index is 1.41. The van der Waals surface area contributed by atoms with Gasteiger partial charge in [-0.2, -0.15) is 0 Å². The Hall–Kier alpha value is -3.60. The minimum Gasteiger partial charge on any atom is -0.397 e. The number of hydrogen-bond donors (Lipinski definition) is 3. The van der Waals surface area contributed by atoms with Gasteiger partial charge in [-0.1, -0.05) is 53.9 Å². The molecule has 3 rings (SSSR count). The molecule has 3 aromatic carbocycles. The third-order valence-electron chi connectivity index (χ3n) is 5.62. The van der Waals surface area contributed by atoms with Crippen molar-refractivity contribution in [1.29, 1.82) is 0 Å². The smallest absolute Gasteiger partial charge is 0.251 e. The summed E-state index contributed by atoms with van der Waals surface area (Å²) < 4.78 is 0. The lowest BCUT2D eigenvalue weighted by Crippen LogP contribution is -2.24. The molecule has 0 bridgehead atoms. The third-order valence-corrected chi connectivity index (χ3v) is 5.62. The number of nitrogens with two attached hydrogens (primary N) is 1. The highest BCUT2D eigenvalue weighted by Crippen LogP contribution is 2.26. The first-order valence-corrected chi connectivity index (χ1v) is 11.5. The van der Waals surface area contributed by atoms with Crippen LogP contribution in [0, 0.1) is 20.8 Å². The fourth-order valence-electron chi connectivity index (χ4n) is 3.97. The number of carbonyl (C=O) groups is 2. The molecule has 0 unspecified atom stereocenters. The number of carbonyl (C=O) groups excluding carboxylic acids is 2. The van der Waals surface area contributed by atoms with Gasteiger partial charge in [0.25, 0.3) is 5.91 Å². The summed E-state index contributed by atoms with van der Waals surface area (Å²) >= 11 is 0. The number of benzene rings is 3. The number of unbranched alkanes of at least 4 members (excludes halogenated alkanes) is 2. The second-order valence-corrected chi connectivity index (χ2v) is 8.61. The van der Waals surface area contributed by atoms with Crippen LogP contribution in [0.15, 0.2) is 60.7 Å². The Labute approximate surface area is 196 Å². The molecule has 0 saturated heterocycles. The Bertz CT molecular complexity index is 1120. The van der Waals surface area contributed by atoms with Gasteiger partial charge in [-0.15, -0.1) is 0 Å². The molecule has 5 heteroatoms. The van der Waals surface area contributed by atoms with Crippen LogP contribution in [0.25, 0.3) is 11.1 Å². The Kier molecular flexibility index (Phi) is 8.25. The lowest BCUT2D eigenvalue weighted by Gasteiger charge is -2.11. The van der Waals surface area contributed by atoms with E-state index in [-0.39, 0.29) is 11.8 Å². The van der Waals surface area contributed by atoms with Crippen molar-refractivity contribution in [2.75, 3.05) is 17.6 Å². The average molecular weight is 444 g/mol. The van der Waals surface area contributed by atoms with Crippen molar-refractivity contribution in [3.8, 4) is 11.1 Å². The lowest BCUT2D eigenvalue weighted by molar-refractivity contribution is -0.116. The molecule has 172 valence electrons. The maximum atomic E-state index is 12.5. The molecule has 0 radical (unpaired) electrons. The number of nitrogens with one attached hydrogen (secondary N) is 2. The minimum absolute atomic E-state index is 0.0451. The minimum atomic E-state index is -0.0673. The normalized spacial score (nSPS) is 10.6. The molecule has 0 aromatic heterocycles. The van der Waals surface area contributed by atoms with E-state index in [0.717, 1.165) is 30.4 Å². The largest absolute Gasteiger partial charge is 0.397 e. The number of para-hydroxylation sites is 2. The number of nitrogen functional groups attached to an aromatic ring is 1. The molecule has 0 heterocycles. The first kappa shape index (κ1) is 24.1. The number of rotatable bonds is 9. The highest BCUT2D eigenvalue weighted by atomic mass is 16.2. The second-order valence-electron chi connectivity index (χ2n) is 8.61. The van der Waals surface area contributed by atoms with Gasteiger partial charge in [0.15, 0.2) is 0 Å². The highest BCUT2D eigenvalue weighted by molar-refractivity contribution is 5.95. The molecular formula is C28H33N3O2. The SMILES string of the molecule is Cc1cc(C)cc(-c2ccc(C(=O)NCCCCCC(=O)Nc3ccccc3N)cc2C)c1. The summed E-state index contributed by atoms with van der Waals surface area (Å²) in [5.74, 6) is -0.112. The zero-order valence-electron chi connectivity index (χ0n) is 19.7. The van der Waals surface area contributed by atoms with E-state index < -0.39 is 0 Å². The molecule has 5 nitrogen and oxygen atoms in total. The molecule has 0 aliphatic rings. The summed E-state index contributed by atoms with van der Waals surface area (Å²) in [6, 6.07) is 19.6. The van der Waals surface area contributed by atoms with Crippen molar-refractivity contribution < 1.29 is 9.59 Å². The predicted molar refractivity (Wildman–Crippen MR) is 136 cm³/mol. The molecular weight excluding hydrogens is 410 g/mol. The van der Waals surface area contributed by atoms with Crippen molar-refractivity contribution >= 4 is 23.2 Å². The van der Waals surface area contributed by atoms with Gasteiger partial charge in [0, 0.05) is 18.5 Å². The molecule has 2 amide bonds. The topological polar surface area (TPSA) is 84.2 Å². The van der Waals surface area contributed by atoms with Crippen molar-refractivity contribution in [2.24, 2.45) is 0 Å². The Morgan fingerprint density at radius 1 is 0.848 bits per heavy atom. The van der Waals surface area contributed by atoms with Gasteiger partial charge >= 0.3 is 0 Å². The Morgan fingerprint density at radius 2 is 1.58 bits per heavy atom. The summed E-state index contributed by atoms with van der Waals surface area (Å²) in [5.41, 5.74) is 13.6. The molecule has 0 atom stereocenters. The van der Waals surface area contributed by atoms with Crippen LogP contribution in [0.1, 0.15) is 52.7 Å². The summed E-state index contributed by atoms with van der Waals surface area (Å²) in [6.45, 7) is 6.82. The lowest BCUT2D eigenvalue weighted by atomic mass is 9.95. The van der Waals surface area contributed by atoms with E-state index in [4.69, 9.17) is 5.73 Å². The van der Waals surface area contributed by atoms with Crippen LogP contribution in [-0.4, -0.2) is 18.4 Å². The monoisotopic (exact) mass is 443 g/mol. The van der Waals surface area contributed by atoms with Gasteiger partial charge in [-0.25, -0.2) is 0 Å². The van der Waals surface area contributed by atoms with Gasteiger partial charge in [0.1, 0.15) is 0 Å². The quantitative estimate of drug-likeness (QED) is 0.289. The van der Waals surface area contributed by atoms with Crippen LogP contribution < -0.4 is 16.4 Å². The Morgan fingerprint density at radius 3 is 2.27 bits per heavy atom. The molecule has 0 aliphatic carbocycles. The first-order valence-electron chi connectivity index (χ1n) is 11.5. The van der Waals surface area contributed by atoms with Crippen LogP contribution in [-0.2, 0) is 4.79 Å². The van der Waals surface area contributed by atoms with Crippen molar-refractivity contribution in [3.63, 3.8) is 0 Å². The van der Waals surface area contributed by atoms with Gasteiger partial charge in [0.05, 0.1) is 11.4 Å². The van der Waals surface area contributed by atoms with E-state index in [1.165, 1.54) is 16.7 Å². The van der Waals surface area contributed by atoms with E-state index in [2.05, 4.69) is 42.7 Å². The van der Waals surface area contributed by atoms with Gasteiger partial charge in [-0.05, 0) is 74.6 Å². The van der Waals surface area contributed by atoms with Crippen LogP contribution in [0.2, 0.25) is 0 Å². The number of amides is 2. The van der Waals surface area contributed by atoms with E-state index >= 15 is 0 Å². The fourth-order valence-corrected chi connectivity index (χ4v) is 3.97. The molecule has 4 N–H and O–H groups in total. The maximum Gasteiger partial charge on any atom is 0.251 e. The zero-order valence-corrected chi connectivity index (χ0v) is 19.7. The number of anilines is 2.